The van der Waals surface area contributed by atoms with Crippen LogP contribution in [0.25, 0.3) is 0 Å². The number of hydrogen-bond acceptors (Lipinski definition) is 15. The molecule has 0 heterocycles. The molecule has 97 heavy (non-hydrogen) atoms. The molecule has 0 saturated carbocycles. The second kappa shape index (κ2) is 69.8. The number of phosphoric ester groups is 2. The van der Waals surface area contributed by atoms with E-state index in [1.165, 1.54) is 212 Å². The number of aliphatic hydroxyl groups is 1. The van der Waals surface area contributed by atoms with Crippen LogP contribution in [0, 0.1) is 11.8 Å². The van der Waals surface area contributed by atoms with Crippen molar-refractivity contribution in [2.45, 2.75) is 426 Å². The Hall–Kier alpha value is -1.94. The summed E-state index contributed by atoms with van der Waals surface area (Å²) in [6.45, 7) is 9.63. The van der Waals surface area contributed by atoms with Crippen LogP contribution in [-0.2, 0) is 65.4 Å². The van der Waals surface area contributed by atoms with E-state index in [4.69, 9.17) is 37.0 Å². The number of hydrogen-bond donors (Lipinski definition) is 3. The molecule has 2 unspecified atom stereocenters. The predicted molar refractivity (Wildman–Crippen MR) is 395 cm³/mol. The number of esters is 4. The van der Waals surface area contributed by atoms with Crippen LogP contribution >= 0.6 is 15.6 Å². The summed E-state index contributed by atoms with van der Waals surface area (Å²) in [5, 5.41) is 10.6. The molecule has 0 radical (unpaired) electrons. The molecule has 0 saturated heterocycles. The maximum atomic E-state index is 13.1. The highest BCUT2D eigenvalue weighted by atomic mass is 31.2. The van der Waals surface area contributed by atoms with Gasteiger partial charge in [0.25, 0.3) is 0 Å². The van der Waals surface area contributed by atoms with Gasteiger partial charge in [0.2, 0.25) is 0 Å². The van der Waals surface area contributed by atoms with Gasteiger partial charge >= 0.3 is 39.5 Å². The standard InChI is InChI=1S/C78H152O17P2/c1-7-9-11-13-15-16-17-18-20-28-33-38-44-50-56-62-77(82)94-73(66-88-75(80)60-54-48-40-14-12-10-8-2)68-92-96(84,85)90-64-72(79)65-91-97(86,87)93-69-74(67-89-76(81)61-55-49-43-37-32-27-24-23-26-31-36-42-47-53-59-71(5)6)95-78(83)63-57-51-45-39-34-29-22-19-21-25-30-35-41-46-52-58-70(3)4/h70-74,79H,7-69H2,1-6H3,(H,84,85)(H,86,87)/t72-,73+,74+/m0/s1. The summed E-state index contributed by atoms with van der Waals surface area (Å²) in [6, 6.07) is 0. The highest BCUT2D eigenvalue weighted by molar-refractivity contribution is 7.47. The van der Waals surface area contributed by atoms with E-state index in [2.05, 4.69) is 41.5 Å². The Morgan fingerprint density at radius 2 is 0.474 bits per heavy atom. The fraction of sp³-hybridized carbons (Fsp3) is 0.949. The Morgan fingerprint density at radius 1 is 0.278 bits per heavy atom. The molecule has 0 rings (SSSR count). The normalized spacial score (nSPS) is 14.0. The van der Waals surface area contributed by atoms with Crippen molar-refractivity contribution >= 4 is 39.5 Å². The van der Waals surface area contributed by atoms with Gasteiger partial charge in [0.1, 0.15) is 19.3 Å². The summed E-state index contributed by atoms with van der Waals surface area (Å²) >= 11 is 0. The molecule has 0 fully saturated rings. The smallest absolute Gasteiger partial charge is 0.462 e. The first-order chi connectivity index (χ1) is 46.9. The van der Waals surface area contributed by atoms with Crippen molar-refractivity contribution in [3.8, 4) is 0 Å². The maximum absolute atomic E-state index is 13.1. The number of carbonyl (C=O) groups is 4. The average Bonchev–Trinajstić information content (AvgIpc) is 1.50. The fourth-order valence-electron chi connectivity index (χ4n) is 12.0. The van der Waals surface area contributed by atoms with E-state index in [0.29, 0.717) is 25.7 Å². The van der Waals surface area contributed by atoms with E-state index < -0.39 is 97.5 Å². The van der Waals surface area contributed by atoms with Gasteiger partial charge in [-0.25, -0.2) is 9.13 Å². The molecule has 0 aromatic carbocycles. The molecular formula is C78H152O17P2. The molecule has 576 valence electrons. The zero-order chi connectivity index (χ0) is 71.4. The highest BCUT2D eigenvalue weighted by Crippen LogP contribution is 2.45. The van der Waals surface area contributed by atoms with Crippen molar-refractivity contribution in [3.05, 3.63) is 0 Å². The van der Waals surface area contributed by atoms with Gasteiger partial charge in [0.15, 0.2) is 12.2 Å². The number of unbranched alkanes of at least 4 members (excludes halogenated alkanes) is 47. The molecule has 0 spiro atoms. The Kier molecular flexibility index (Phi) is 68.4. The monoisotopic (exact) mass is 1420 g/mol. The topological polar surface area (TPSA) is 237 Å². The molecule has 3 N–H and O–H groups in total. The van der Waals surface area contributed by atoms with E-state index in [1.54, 1.807) is 0 Å². The minimum atomic E-state index is -4.96. The molecule has 0 aliphatic rings. The predicted octanol–water partition coefficient (Wildman–Crippen LogP) is 23.1. The number of ether oxygens (including phenoxy) is 4. The number of phosphoric acid groups is 2. The van der Waals surface area contributed by atoms with E-state index >= 15 is 0 Å². The average molecular weight is 1420 g/mol. The quantitative estimate of drug-likeness (QED) is 0.0222. The van der Waals surface area contributed by atoms with Gasteiger partial charge in [0.05, 0.1) is 26.4 Å². The van der Waals surface area contributed by atoms with Crippen LogP contribution in [0.4, 0.5) is 0 Å². The van der Waals surface area contributed by atoms with Gasteiger partial charge in [-0.15, -0.1) is 0 Å². The molecule has 0 aliphatic heterocycles. The molecule has 0 bridgehead atoms. The van der Waals surface area contributed by atoms with E-state index in [9.17, 15) is 43.2 Å². The zero-order valence-corrected chi connectivity index (χ0v) is 65.2. The Balaban J connectivity index is 5.19. The summed E-state index contributed by atoms with van der Waals surface area (Å²) in [4.78, 5) is 72.8. The summed E-state index contributed by atoms with van der Waals surface area (Å²) in [5.74, 6) is -0.514. The number of rotatable bonds is 77. The minimum absolute atomic E-state index is 0.108. The third-order valence-corrected chi connectivity index (χ3v) is 20.1. The molecule has 17 nitrogen and oxygen atoms in total. The second-order valence-corrected chi connectivity index (χ2v) is 32.0. The maximum Gasteiger partial charge on any atom is 0.472 e. The van der Waals surface area contributed by atoms with E-state index in [1.807, 2.05) is 0 Å². The molecule has 19 heteroatoms. The van der Waals surface area contributed by atoms with Crippen LogP contribution < -0.4 is 0 Å². The Bertz CT molecular complexity index is 1870. The first-order valence-electron chi connectivity index (χ1n) is 40.5. The second-order valence-electron chi connectivity index (χ2n) is 29.1. The minimum Gasteiger partial charge on any atom is -0.462 e. The van der Waals surface area contributed by atoms with Crippen molar-refractivity contribution < 1.29 is 80.2 Å². The van der Waals surface area contributed by atoms with Crippen LogP contribution in [-0.4, -0.2) is 96.7 Å². The van der Waals surface area contributed by atoms with Gasteiger partial charge in [-0.05, 0) is 37.5 Å². The Morgan fingerprint density at radius 3 is 0.701 bits per heavy atom. The van der Waals surface area contributed by atoms with Gasteiger partial charge < -0.3 is 33.8 Å². The molecule has 0 amide bonds. The van der Waals surface area contributed by atoms with Crippen LogP contribution in [0.3, 0.4) is 0 Å². The van der Waals surface area contributed by atoms with Crippen LogP contribution in [0.5, 0.6) is 0 Å². The summed E-state index contributed by atoms with van der Waals surface area (Å²) in [5.41, 5.74) is 0. The summed E-state index contributed by atoms with van der Waals surface area (Å²) in [6.07, 6.45) is 58.3. The van der Waals surface area contributed by atoms with Crippen molar-refractivity contribution in [1.82, 2.24) is 0 Å². The van der Waals surface area contributed by atoms with E-state index in [-0.39, 0.29) is 25.7 Å². The largest absolute Gasteiger partial charge is 0.472 e. The lowest BCUT2D eigenvalue weighted by molar-refractivity contribution is -0.161. The van der Waals surface area contributed by atoms with Crippen LogP contribution in [0.15, 0.2) is 0 Å². The Labute approximate surface area is 594 Å². The van der Waals surface area contributed by atoms with Gasteiger partial charge in [-0.1, -0.05) is 356 Å². The first-order valence-corrected chi connectivity index (χ1v) is 43.5. The molecule has 5 atom stereocenters. The van der Waals surface area contributed by atoms with Crippen LogP contribution in [0.2, 0.25) is 0 Å². The SMILES string of the molecule is CCCCCCCCCCCCCCCCCC(=O)O[C@H](COC(=O)CCCCCCCCC)COP(=O)(O)OC[C@H](O)COP(=O)(O)OC[C@@H](COC(=O)CCCCCCCCCCCCCCCCC(C)C)OC(=O)CCCCCCCCCCCCCCCCCC(C)C. The molecular weight excluding hydrogens is 1270 g/mol. The lowest BCUT2D eigenvalue weighted by atomic mass is 10.0. The van der Waals surface area contributed by atoms with Crippen molar-refractivity contribution in [2.24, 2.45) is 11.8 Å². The fourth-order valence-corrected chi connectivity index (χ4v) is 13.6. The number of carbonyl (C=O) groups excluding carboxylic acids is 4. The molecule has 0 aromatic rings. The highest BCUT2D eigenvalue weighted by Gasteiger charge is 2.30. The van der Waals surface area contributed by atoms with Gasteiger partial charge in [0, 0.05) is 25.7 Å². The summed E-state index contributed by atoms with van der Waals surface area (Å²) < 4.78 is 68.5. The van der Waals surface area contributed by atoms with Gasteiger partial charge in [-0.2, -0.15) is 0 Å². The third-order valence-electron chi connectivity index (χ3n) is 18.2. The van der Waals surface area contributed by atoms with E-state index in [0.717, 1.165) is 115 Å². The molecule has 0 aliphatic carbocycles. The summed E-state index contributed by atoms with van der Waals surface area (Å²) in [7, 11) is -9.91. The van der Waals surface area contributed by atoms with Crippen molar-refractivity contribution in [3.63, 3.8) is 0 Å². The van der Waals surface area contributed by atoms with Crippen LogP contribution in [0.1, 0.15) is 408 Å². The molecule has 0 aromatic heterocycles. The third kappa shape index (κ3) is 72.2. The van der Waals surface area contributed by atoms with Gasteiger partial charge in [-0.3, -0.25) is 37.3 Å². The number of aliphatic hydroxyl groups excluding tert-OH is 1. The first kappa shape index (κ1) is 95.1. The van der Waals surface area contributed by atoms with Crippen molar-refractivity contribution in [1.29, 1.82) is 0 Å². The lowest BCUT2D eigenvalue weighted by Gasteiger charge is -2.21. The lowest BCUT2D eigenvalue weighted by Crippen LogP contribution is -2.30. The van der Waals surface area contributed by atoms with Crippen molar-refractivity contribution in [2.75, 3.05) is 39.6 Å². The zero-order valence-electron chi connectivity index (χ0n) is 63.4.